The van der Waals surface area contributed by atoms with Crippen molar-refractivity contribution in [3.05, 3.63) is 56.3 Å². The zero-order chi connectivity index (χ0) is 23.3. The van der Waals surface area contributed by atoms with Crippen LogP contribution in [0.2, 0.25) is 10.0 Å². The molecule has 1 aromatic carbocycles. The Morgan fingerprint density at radius 2 is 1.81 bits per heavy atom. The van der Waals surface area contributed by atoms with Gasteiger partial charge < -0.3 is 19.5 Å². The lowest BCUT2D eigenvalue weighted by molar-refractivity contribution is -0.143. The first-order valence-corrected chi connectivity index (χ1v) is 10.2. The Labute approximate surface area is 189 Å². The molecule has 0 bridgehead atoms. The molecule has 10 heteroatoms. The van der Waals surface area contributed by atoms with Crippen molar-refractivity contribution in [2.45, 2.75) is 39.2 Å². The molecule has 1 heterocycles. The Morgan fingerprint density at radius 1 is 1.13 bits per heavy atom. The number of allylic oxidation sites excluding steroid dienone is 2. The molecule has 0 spiro atoms. The SMILES string of the molecule is COCCOC(=O)C1=C(C(F)F)NC(C)=C(C(=O)OC(C)C)C1c1cccc(Cl)c1Cl. The minimum atomic E-state index is -3.05. The van der Waals surface area contributed by atoms with Crippen LogP contribution in [0.5, 0.6) is 0 Å². The molecule has 0 aromatic heterocycles. The molecule has 2 rings (SSSR count). The van der Waals surface area contributed by atoms with Gasteiger partial charge in [0.15, 0.2) is 0 Å². The molecule has 0 saturated carbocycles. The maximum absolute atomic E-state index is 13.9. The molecule has 31 heavy (non-hydrogen) atoms. The van der Waals surface area contributed by atoms with E-state index in [9.17, 15) is 18.4 Å². The van der Waals surface area contributed by atoms with Crippen molar-refractivity contribution in [2.75, 3.05) is 20.3 Å². The second-order valence-corrected chi connectivity index (χ2v) is 7.74. The number of dihydropyridines is 1. The standard InChI is InChI=1S/C21H23Cl2F2NO5/c1-10(2)31-21(28)14-11(3)26-18(19(24)25)16(20(27)30-9-8-29-4)15(14)12-6-5-7-13(22)17(12)23/h5-7,10,15,19,26H,8-9H2,1-4H3. The van der Waals surface area contributed by atoms with Crippen LogP contribution < -0.4 is 5.32 Å². The number of nitrogens with one attached hydrogen (secondary N) is 1. The number of esters is 2. The number of ether oxygens (including phenoxy) is 3. The van der Waals surface area contributed by atoms with Crippen LogP contribution in [0.1, 0.15) is 32.3 Å². The van der Waals surface area contributed by atoms with Gasteiger partial charge in [-0.25, -0.2) is 18.4 Å². The quantitative estimate of drug-likeness (QED) is 0.435. The van der Waals surface area contributed by atoms with Crippen molar-refractivity contribution in [3.63, 3.8) is 0 Å². The first-order valence-electron chi connectivity index (χ1n) is 9.41. The van der Waals surface area contributed by atoms with Crippen LogP contribution >= 0.6 is 23.2 Å². The maximum Gasteiger partial charge on any atom is 0.337 e. The number of hydrogen-bond acceptors (Lipinski definition) is 6. The maximum atomic E-state index is 13.9. The zero-order valence-electron chi connectivity index (χ0n) is 17.4. The van der Waals surface area contributed by atoms with Gasteiger partial charge in [-0.3, -0.25) is 0 Å². The normalized spacial score (nSPS) is 16.6. The first kappa shape index (κ1) is 25.1. The van der Waals surface area contributed by atoms with Gasteiger partial charge in [0.25, 0.3) is 6.43 Å². The summed E-state index contributed by atoms with van der Waals surface area (Å²) in [6.45, 7) is 4.63. The van der Waals surface area contributed by atoms with E-state index >= 15 is 0 Å². The van der Waals surface area contributed by atoms with Crippen molar-refractivity contribution >= 4 is 35.1 Å². The van der Waals surface area contributed by atoms with Crippen molar-refractivity contribution in [1.29, 1.82) is 0 Å². The Hall–Kier alpha value is -2.16. The van der Waals surface area contributed by atoms with E-state index in [0.717, 1.165) is 0 Å². The van der Waals surface area contributed by atoms with E-state index in [2.05, 4.69) is 5.32 Å². The third-order valence-electron chi connectivity index (χ3n) is 4.41. The fourth-order valence-electron chi connectivity index (χ4n) is 3.15. The highest BCUT2D eigenvalue weighted by Crippen LogP contribution is 2.44. The molecule has 1 unspecified atom stereocenters. The van der Waals surface area contributed by atoms with Gasteiger partial charge in [0, 0.05) is 12.8 Å². The van der Waals surface area contributed by atoms with Crippen molar-refractivity contribution in [1.82, 2.24) is 5.32 Å². The minimum absolute atomic E-state index is 0.0227. The predicted molar refractivity (Wildman–Crippen MR) is 112 cm³/mol. The molecule has 170 valence electrons. The van der Waals surface area contributed by atoms with E-state index in [1.54, 1.807) is 19.9 Å². The van der Waals surface area contributed by atoms with E-state index in [0.29, 0.717) is 0 Å². The number of methoxy groups -OCH3 is 1. The molecular formula is C21H23Cl2F2NO5. The molecule has 1 aliphatic rings. The van der Waals surface area contributed by atoms with Crippen LogP contribution in [0.15, 0.2) is 40.7 Å². The summed E-state index contributed by atoms with van der Waals surface area (Å²) >= 11 is 12.5. The van der Waals surface area contributed by atoms with Crippen molar-refractivity contribution in [2.24, 2.45) is 0 Å². The van der Waals surface area contributed by atoms with Gasteiger partial charge in [-0.1, -0.05) is 35.3 Å². The molecule has 1 atom stereocenters. The zero-order valence-corrected chi connectivity index (χ0v) is 18.9. The average molecular weight is 478 g/mol. The van der Waals surface area contributed by atoms with Crippen LogP contribution in [0.3, 0.4) is 0 Å². The largest absolute Gasteiger partial charge is 0.460 e. The van der Waals surface area contributed by atoms with Crippen molar-refractivity contribution in [3.8, 4) is 0 Å². The summed E-state index contributed by atoms with van der Waals surface area (Å²) in [6.07, 6.45) is -3.54. The topological polar surface area (TPSA) is 73.9 Å². The van der Waals surface area contributed by atoms with E-state index in [1.165, 1.54) is 26.2 Å². The van der Waals surface area contributed by atoms with Crippen molar-refractivity contribution < 1.29 is 32.6 Å². The Bertz CT molecular complexity index is 915. The summed E-state index contributed by atoms with van der Waals surface area (Å²) in [4.78, 5) is 25.8. The summed E-state index contributed by atoms with van der Waals surface area (Å²) < 4.78 is 43.2. The highest BCUT2D eigenvalue weighted by Gasteiger charge is 2.42. The molecule has 6 nitrogen and oxygen atoms in total. The van der Waals surface area contributed by atoms with Gasteiger partial charge in [0.1, 0.15) is 6.61 Å². The lowest BCUT2D eigenvalue weighted by Crippen LogP contribution is -2.36. The number of carbonyl (C=O) groups excluding carboxylic acids is 2. The molecular weight excluding hydrogens is 455 g/mol. The third-order valence-corrected chi connectivity index (χ3v) is 5.24. The summed E-state index contributed by atoms with van der Waals surface area (Å²) in [5.41, 5.74) is -0.863. The van der Waals surface area contributed by atoms with Crippen LogP contribution in [0, 0.1) is 0 Å². The lowest BCUT2D eigenvalue weighted by atomic mass is 9.80. The van der Waals surface area contributed by atoms with Gasteiger partial charge in [0.2, 0.25) is 0 Å². The van der Waals surface area contributed by atoms with E-state index < -0.39 is 41.7 Å². The van der Waals surface area contributed by atoms with Gasteiger partial charge in [-0.15, -0.1) is 0 Å². The summed E-state index contributed by atoms with van der Waals surface area (Å²) in [5, 5.41) is 2.63. The highest BCUT2D eigenvalue weighted by atomic mass is 35.5. The summed E-state index contributed by atoms with van der Waals surface area (Å²) in [5.74, 6) is -3.10. The highest BCUT2D eigenvalue weighted by molar-refractivity contribution is 6.42. The molecule has 0 amide bonds. The second kappa shape index (κ2) is 10.9. The van der Waals surface area contributed by atoms with Crippen LogP contribution in [0.4, 0.5) is 8.78 Å². The number of halogens is 4. The molecule has 0 aliphatic carbocycles. The number of benzene rings is 1. The van der Waals surface area contributed by atoms with E-state index in [-0.39, 0.29) is 40.1 Å². The van der Waals surface area contributed by atoms with E-state index in [4.69, 9.17) is 37.4 Å². The van der Waals surface area contributed by atoms with E-state index in [1.807, 2.05) is 0 Å². The fourth-order valence-corrected chi connectivity index (χ4v) is 3.57. The Kier molecular flexibility index (Phi) is 8.85. The number of alkyl halides is 2. The molecule has 0 saturated heterocycles. The molecule has 1 aromatic rings. The Morgan fingerprint density at radius 3 is 2.39 bits per heavy atom. The number of hydrogen-bond donors (Lipinski definition) is 1. The third kappa shape index (κ3) is 5.75. The van der Waals surface area contributed by atoms with Gasteiger partial charge in [-0.2, -0.15) is 0 Å². The Balaban J connectivity index is 2.73. The minimum Gasteiger partial charge on any atom is -0.460 e. The number of rotatable bonds is 8. The lowest BCUT2D eigenvalue weighted by Gasteiger charge is -2.32. The summed E-state index contributed by atoms with van der Waals surface area (Å²) in [7, 11) is 1.40. The van der Waals surface area contributed by atoms with Gasteiger partial charge in [0.05, 0.1) is 45.5 Å². The molecule has 1 aliphatic heterocycles. The number of carbonyl (C=O) groups is 2. The van der Waals surface area contributed by atoms with Crippen LogP contribution in [-0.2, 0) is 23.8 Å². The average Bonchev–Trinajstić information content (AvgIpc) is 2.68. The first-order chi connectivity index (χ1) is 14.6. The van der Waals surface area contributed by atoms with Crippen LogP contribution in [-0.4, -0.2) is 44.8 Å². The molecule has 1 N–H and O–H groups in total. The predicted octanol–water partition coefficient (Wildman–Crippen LogP) is 4.61. The molecule has 0 fully saturated rings. The smallest absolute Gasteiger partial charge is 0.337 e. The van der Waals surface area contributed by atoms with Crippen LogP contribution in [0.25, 0.3) is 0 Å². The van der Waals surface area contributed by atoms with Gasteiger partial charge in [-0.05, 0) is 32.4 Å². The van der Waals surface area contributed by atoms with Gasteiger partial charge >= 0.3 is 11.9 Å². The second-order valence-electron chi connectivity index (χ2n) is 6.95. The monoisotopic (exact) mass is 477 g/mol. The summed E-state index contributed by atoms with van der Waals surface area (Å²) in [6, 6.07) is 4.55. The molecule has 0 radical (unpaired) electrons. The fraction of sp³-hybridized carbons (Fsp3) is 0.429.